The average molecular weight is 663 g/mol. The number of nitrogens with one attached hydrogen (secondary N) is 2. The van der Waals surface area contributed by atoms with Gasteiger partial charge in [-0.1, -0.05) is 17.7 Å². The summed E-state index contributed by atoms with van der Waals surface area (Å²) >= 11 is 6.13. The molecule has 2 N–H and O–H groups in total. The predicted octanol–water partition coefficient (Wildman–Crippen LogP) is 6.32. The van der Waals surface area contributed by atoms with Crippen molar-refractivity contribution in [2.24, 2.45) is 0 Å². The molecule has 0 spiro atoms. The number of amides is 2. The Balaban J connectivity index is 0.00000461. The Morgan fingerprint density at radius 3 is 2.44 bits per heavy atom. The first-order valence-electron chi connectivity index (χ1n) is 14.6. The van der Waals surface area contributed by atoms with E-state index in [2.05, 4.69) is 25.5 Å². The summed E-state index contributed by atoms with van der Waals surface area (Å²) in [6.07, 6.45) is 2.51. The van der Waals surface area contributed by atoms with Gasteiger partial charge < -0.3 is 34.8 Å². The Bertz CT molecular complexity index is 1470. The van der Waals surface area contributed by atoms with Crippen LogP contribution in [0.3, 0.4) is 0 Å². The Morgan fingerprint density at radius 1 is 1.11 bits per heavy atom. The zero-order valence-corrected chi connectivity index (χ0v) is 27.3. The van der Waals surface area contributed by atoms with Gasteiger partial charge in [-0.15, -0.1) is 12.4 Å². The number of hydrogen-bond donors (Lipinski definition) is 2. The lowest BCUT2D eigenvalue weighted by Gasteiger charge is -2.36. The van der Waals surface area contributed by atoms with Gasteiger partial charge in [-0.2, -0.15) is 4.98 Å². The lowest BCUT2D eigenvalue weighted by atomic mass is 10.2. The second-order valence-corrected chi connectivity index (χ2v) is 12.1. The maximum Gasteiger partial charge on any atom is 0.410 e. The summed E-state index contributed by atoms with van der Waals surface area (Å²) in [6, 6.07) is 12.0. The molecule has 14 heteroatoms. The van der Waals surface area contributed by atoms with Crippen LogP contribution in [-0.4, -0.2) is 78.5 Å². The summed E-state index contributed by atoms with van der Waals surface area (Å²) in [4.78, 5) is 40.5. The van der Waals surface area contributed by atoms with Gasteiger partial charge in [0, 0.05) is 57.4 Å². The summed E-state index contributed by atoms with van der Waals surface area (Å²) in [5.74, 6) is -0.630. The van der Waals surface area contributed by atoms with Gasteiger partial charge in [0.2, 0.25) is 5.95 Å². The molecule has 2 aromatic carbocycles. The van der Waals surface area contributed by atoms with E-state index in [9.17, 15) is 14.0 Å². The zero-order valence-electron chi connectivity index (χ0n) is 25.7. The fourth-order valence-corrected chi connectivity index (χ4v) is 5.23. The van der Waals surface area contributed by atoms with E-state index >= 15 is 0 Å². The number of carbonyl (C=O) groups excluding carboxylic acids is 2. The largest absolute Gasteiger partial charge is 0.444 e. The SMILES string of the molecule is CN(c1nc(Nc2ccc(N3CCN(C(=O)OC(C)(C)C)CC3)cc2)ncc1C(=O)Nc1c(F)cccc1Cl)C1CCCO1.Cl. The lowest BCUT2D eigenvalue weighted by molar-refractivity contribution is 0.0240. The van der Waals surface area contributed by atoms with Crippen LogP contribution >= 0.6 is 24.0 Å². The number of benzene rings is 2. The molecule has 2 aliphatic rings. The fourth-order valence-electron chi connectivity index (χ4n) is 5.02. The van der Waals surface area contributed by atoms with E-state index in [1.165, 1.54) is 24.4 Å². The van der Waals surface area contributed by atoms with Crippen molar-refractivity contribution in [3.05, 3.63) is 65.1 Å². The molecule has 0 bridgehead atoms. The van der Waals surface area contributed by atoms with Gasteiger partial charge in [-0.3, -0.25) is 4.79 Å². The number of hydrogen-bond acceptors (Lipinski definition) is 9. The molecule has 0 radical (unpaired) electrons. The molecule has 0 aliphatic carbocycles. The van der Waals surface area contributed by atoms with Crippen molar-refractivity contribution in [3.8, 4) is 0 Å². The summed E-state index contributed by atoms with van der Waals surface area (Å²) < 4.78 is 25.7. The number of anilines is 5. The Labute approximate surface area is 273 Å². The Hall–Kier alpha value is -3.87. The average Bonchev–Trinajstić information content (AvgIpc) is 3.54. The normalized spacial score (nSPS) is 16.5. The third-order valence-corrected chi connectivity index (χ3v) is 7.62. The lowest BCUT2D eigenvalue weighted by Crippen LogP contribution is -2.50. The van der Waals surface area contributed by atoms with Crippen LogP contribution in [0.2, 0.25) is 5.02 Å². The number of rotatable bonds is 7. The topological polar surface area (TPSA) is 112 Å². The minimum atomic E-state index is -0.646. The number of ether oxygens (including phenoxy) is 2. The first kappa shape index (κ1) is 34.0. The van der Waals surface area contributed by atoms with Crippen molar-refractivity contribution >= 4 is 64.8 Å². The van der Waals surface area contributed by atoms with Crippen molar-refractivity contribution < 1.29 is 23.5 Å². The monoisotopic (exact) mass is 661 g/mol. The molecule has 2 fully saturated rings. The van der Waals surface area contributed by atoms with Crippen LogP contribution < -0.4 is 20.4 Å². The van der Waals surface area contributed by atoms with Gasteiger partial charge in [0.1, 0.15) is 29.0 Å². The van der Waals surface area contributed by atoms with E-state index in [-0.39, 0.29) is 46.9 Å². The molecular formula is C31H38Cl2FN7O4. The van der Waals surface area contributed by atoms with E-state index in [0.29, 0.717) is 38.6 Å². The molecule has 5 rings (SSSR count). The molecule has 3 heterocycles. The first-order valence-corrected chi connectivity index (χ1v) is 14.9. The minimum Gasteiger partial charge on any atom is -0.444 e. The van der Waals surface area contributed by atoms with E-state index in [4.69, 9.17) is 21.1 Å². The molecule has 1 atom stereocenters. The van der Waals surface area contributed by atoms with Crippen molar-refractivity contribution in [3.63, 3.8) is 0 Å². The maximum absolute atomic E-state index is 14.4. The van der Waals surface area contributed by atoms with Crippen LogP contribution in [0.1, 0.15) is 44.0 Å². The number of aromatic nitrogens is 2. The molecule has 11 nitrogen and oxygen atoms in total. The number of piperazine rings is 1. The van der Waals surface area contributed by atoms with Crippen LogP contribution in [0.4, 0.5) is 38.0 Å². The fraction of sp³-hybridized carbons (Fsp3) is 0.419. The molecule has 1 unspecified atom stereocenters. The highest BCUT2D eigenvalue weighted by Crippen LogP contribution is 2.30. The van der Waals surface area contributed by atoms with Crippen molar-refractivity contribution in [2.75, 3.05) is 60.3 Å². The zero-order chi connectivity index (χ0) is 31.4. The second-order valence-electron chi connectivity index (χ2n) is 11.7. The van der Waals surface area contributed by atoms with Crippen molar-refractivity contribution in [1.29, 1.82) is 0 Å². The van der Waals surface area contributed by atoms with Gasteiger partial charge in [0.25, 0.3) is 5.91 Å². The number of carbonyl (C=O) groups is 2. The molecule has 2 aliphatic heterocycles. The highest BCUT2D eigenvalue weighted by atomic mass is 35.5. The van der Waals surface area contributed by atoms with Gasteiger partial charge >= 0.3 is 6.09 Å². The number of halogens is 3. The third kappa shape index (κ3) is 8.44. The number of nitrogens with zero attached hydrogens (tertiary/aromatic N) is 5. The molecule has 2 saturated heterocycles. The third-order valence-electron chi connectivity index (χ3n) is 7.31. The molecule has 1 aromatic heterocycles. The Kier molecular flexibility index (Phi) is 10.9. The maximum atomic E-state index is 14.4. The van der Waals surface area contributed by atoms with Crippen molar-refractivity contribution in [2.45, 2.75) is 45.4 Å². The summed E-state index contributed by atoms with van der Waals surface area (Å²) in [5, 5.41) is 5.85. The predicted molar refractivity (Wildman–Crippen MR) is 176 cm³/mol. The van der Waals surface area contributed by atoms with Crippen LogP contribution in [-0.2, 0) is 9.47 Å². The second kappa shape index (κ2) is 14.5. The Morgan fingerprint density at radius 2 is 1.82 bits per heavy atom. The van der Waals surface area contributed by atoms with E-state index in [0.717, 1.165) is 24.2 Å². The molecule has 242 valence electrons. The van der Waals surface area contributed by atoms with Gasteiger partial charge in [-0.05, 0) is 70.0 Å². The van der Waals surface area contributed by atoms with Crippen LogP contribution in [0.5, 0.6) is 0 Å². The smallest absolute Gasteiger partial charge is 0.410 e. The number of para-hydroxylation sites is 1. The summed E-state index contributed by atoms with van der Waals surface area (Å²) in [6.45, 7) is 8.73. The van der Waals surface area contributed by atoms with Crippen LogP contribution in [0, 0.1) is 5.82 Å². The van der Waals surface area contributed by atoms with E-state index in [1.807, 2.05) is 45.0 Å². The molecule has 2 amide bonds. The van der Waals surface area contributed by atoms with Gasteiger partial charge in [-0.25, -0.2) is 14.2 Å². The van der Waals surface area contributed by atoms with E-state index in [1.54, 1.807) is 16.8 Å². The van der Waals surface area contributed by atoms with Crippen LogP contribution in [0.15, 0.2) is 48.7 Å². The van der Waals surface area contributed by atoms with Crippen LogP contribution in [0.25, 0.3) is 0 Å². The van der Waals surface area contributed by atoms with E-state index < -0.39 is 17.3 Å². The van der Waals surface area contributed by atoms with Gasteiger partial charge in [0.05, 0.1) is 10.7 Å². The summed E-state index contributed by atoms with van der Waals surface area (Å²) in [5.41, 5.74) is 1.29. The summed E-state index contributed by atoms with van der Waals surface area (Å²) in [7, 11) is 1.80. The van der Waals surface area contributed by atoms with Gasteiger partial charge in [0.15, 0.2) is 0 Å². The molecule has 45 heavy (non-hydrogen) atoms. The molecule has 3 aromatic rings. The van der Waals surface area contributed by atoms with Crippen molar-refractivity contribution in [1.82, 2.24) is 14.9 Å². The first-order chi connectivity index (χ1) is 21.0. The minimum absolute atomic E-state index is 0. The molecule has 0 saturated carbocycles. The highest BCUT2D eigenvalue weighted by Gasteiger charge is 2.28. The molecular weight excluding hydrogens is 624 g/mol. The standard InChI is InChI=1S/C31H37ClFN7O4.ClH/c1-31(2,3)44-30(42)40-16-14-39(15-17-40)21-12-10-20(11-13-21)35-29-34-19-22(27(37-29)38(4)25-9-6-18-43-25)28(41)36-26-23(32)7-5-8-24(26)33;/h5,7-8,10-13,19,25H,6,9,14-18H2,1-4H3,(H,36,41)(H,34,35,37);1H. The quantitative estimate of drug-likeness (QED) is 0.300. The highest BCUT2D eigenvalue weighted by molar-refractivity contribution is 6.34.